The molecule has 0 radical (unpaired) electrons. The van der Waals surface area contributed by atoms with Gasteiger partial charge in [-0.15, -0.1) is 6.42 Å². The number of benzene rings is 1. The van der Waals surface area contributed by atoms with E-state index in [2.05, 4.69) is 11.2 Å². The van der Waals surface area contributed by atoms with Crippen molar-refractivity contribution in [1.29, 1.82) is 0 Å². The Morgan fingerprint density at radius 1 is 1.62 bits per heavy atom. The van der Waals surface area contributed by atoms with Crippen LogP contribution >= 0.6 is 0 Å². The van der Waals surface area contributed by atoms with E-state index < -0.39 is 10.9 Å². The zero-order valence-electron chi connectivity index (χ0n) is 8.14. The van der Waals surface area contributed by atoms with Gasteiger partial charge in [-0.3, -0.25) is 10.1 Å². The number of nitrogens with zero attached hydrogens (tertiary/aromatic N) is 1. The van der Waals surface area contributed by atoms with E-state index in [4.69, 9.17) is 11.5 Å². The molecule has 0 unspecified atom stereocenters. The van der Waals surface area contributed by atoms with Crippen molar-refractivity contribution >= 4 is 17.3 Å². The molecule has 0 aliphatic rings. The first-order valence-electron chi connectivity index (χ1n) is 4.25. The summed E-state index contributed by atoms with van der Waals surface area (Å²) in [5.74, 6) is 1.09. The first-order chi connectivity index (χ1) is 7.56. The Labute approximate surface area is 91.0 Å². The maximum Gasteiger partial charge on any atom is 0.337 e. The minimum Gasteiger partial charge on any atom is -0.478 e. The molecule has 0 atom stereocenters. The highest BCUT2D eigenvalue weighted by molar-refractivity contribution is 5.94. The number of nitrogens with one attached hydrogen (secondary N) is 1. The number of aromatic carboxylic acids is 1. The van der Waals surface area contributed by atoms with Gasteiger partial charge < -0.3 is 10.4 Å². The lowest BCUT2D eigenvalue weighted by Crippen LogP contribution is -2.07. The van der Waals surface area contributed by atoms with E-state index in [0.29, 0.717) is 0 Å². The Kier molecular flexibility index (Phi) is 3.45. The van der Waals surface area contributed by atoms with Gasteiger partial charge in [0.15, 0.2) is 0 Å². The predicted molar refractivity (Wildman–Crippen MR) is 57.4 cm³/mol. The predicted octanol–water partition coefficient (Wildman–Crippen LogP) is 1.34. The van der Waals surface area contributed by atoms with Crippen LogP contribution in [0.1, 0.15) is 10.4 Å². The molecule has 1 aromatic carbocycles. The Morgan fingerprint density at radius 2 is 2.31 bits per heavy atom. The summed E-state index contributed by atoms with van der Waals surface area (Å²) in [5, 5.41) is 21.9. The van der Waals surface area contributed by atoms with Gasteiger partial charge in [0.05, 0.1) is 22.7 Å². The Morgan fingerprint density at radius 3 is 2.81 bits per heavy atom. The molecular weight excluding hydrogens is 212 g/mol. The summed E-state index contributed by atoms with van der Waals surface area (Å²) in [7, 11) is 0. The van der Waals surface area contributed by atoms with Crippen molar-refractivity contribution in [2.75, 3.05) is 11.9 Å². The van der Waals surface area contributed by atoms with Crippen molar-refractivity contribution in [3.63, 3.8) is 0 Å². The number of nitro benzene ring substituents is 1. The number of carbonyl (C=O) groups is 1. The van der Waals surface area contributed by atoms with Gasteiger partial charge in [0.2, 0.25) is 0 Å². The molecule has 0 aliphatic heterocycles. The van der Waals surface area contributed by atoms with E-state index in [1.54, 1.807) is 0 Å². The van der Waals surface area contributed by atoms with Crippen LogP contribution in [0.2, 0.25) is 0 Å². The molecule has 1 aromatic rings. The third kappa shape index (κ3) is 2.48. The Hall–Kier alpha value is -2.55. The van der Waals surface area contributed by atoms with Crippen molar-refractivity contribution in [1.82, 2.24) is 0 Å². The molecule has 82 valence electrons. The molecule has 6 nitrogen and oxygen atoms in total. The number of hydrogen-bond acceptors (Lipinski definition) is 4. The lowest BCUT2D eigenvalue weighted by Gasteiger charge is -2.06. The van der Waals surface area contributed by atoms with Gasteiger partial charge in [0.25, 0.3) is 5.69 Å². The molecule has 16 heavy (non-hydrogen) atoms. The molecule has 0 aliphatic carbocycles. The summed E-state index contributed by atoms with van der Waals surface area (Å²) >= 11 is 0. The molecule has 0 aromatic heterocycles. The van der Waals surface area contributed by atoms with Gasteiger partial charge >= 0.3 is 5.97 Å². The quantitative estimate of drug-likeness (QED) is 0.453. The average molecular weight is 220 g/mol. The van der Waals surface area contributed by atoms with Crippen LogP contribution in [0.15, 0.2) is 18.2 Å². The standard InChI is InChI=1S/C10H8N2O4/c1-2-5-11-9-6-7(12(15)16)3-4-8(9)10(13)14/h1,3-4,6,11H,5H2,(H,13,14). The highest BCUT2D eigenvalue weighted by Gasteiger charge is 2.14. The van der Waals surface area contributed by atoms with E-state index in [9.17, 15) is 14.9 Å². The Bertz CT molecular complexity index is 476. The van der Waals surface area contributed by atoms with Gasteiger partial charge in [-0.2, -0.15) is 0 Å². The van der Waals surface area contributed by atoms with Crippen molar-refractivity contribution in [2.45, 2.75) is 0 Å². The smallest absolute Gasteiger partial charge is 0.337 e. The summed E-state index contributed by atoms with van der Waals surface area (Å²) in [5.41, 5.74) is -0.106. The van der Waals surface area contributed by atoms with Crippen molar-refractivity contribution < 1.29 is 14.8 Å². The molecule has 0 heterocycles. The highest BCUT2D eigenvalue weighted by atomic mass is 16.6. The molecule has 0 saturated carbocycles. The average Bonchev–Trinajstić information content (AvgIpc) is 2.25. The van der Waals surface area contributed by atoms with Crippen LogP contribution in [0.5, 0.6) is 0 Å². The van der Waals surface area contributed by atoms with Gasteiger partial charge in [0.1, 0.15) is 0 Å². The number of hydrogen-bond donors (Lipinski definition) is 2. The van der Waals surface area contributed by atoms with E-state index in [1.165, 1.54) is 6.07 Å². The van der Waals surface area contributed by atoms with Gasteiger partial charge in [-0.25, -0.2) is 4.79 Å². The number of anilines is 1. The maximum absolute atomic E-state index is 10.8. The van der Waals surface area contributed by atoms with Crippen LogP contribution in [-0.4, -0.2) is 22.5 Å². The number of carboxylic acids is 1. The third-order valence-corrected chi connectivity index (χ3v) is 1.83. The van der Waals surface area contributed by atoms with Crippen molar-refractivity contribution in [2.24, 2.45) is 0 Å². The van der Waals surface area contributed by atoms with Gasteiger partial charge in [0, 0.05) is 12.1 Å². The topological polar surface area (TPSA) is 92.5 Å². The highest BCUT2D eigenvalue weighted by Crippen LogP contribution is 2.22. The Balaban J connectivity index is 3.16. The van der Waals surface area contributed by atoms with E-state index in [0.717, 1.165) is 12.1 Å². The van der Waals surface area contributed by atoms with Gasteiger partial charge in [-0.05, 0) is 6.07 Å². The summed E-state index contributed by atoms with van der Waals surface area (Å²) in [6.45, 7) is 0.0987. The second-order valence-corrected chi connectivity index (χ2v) is 2.85. The first kappa shape index (κ1) is 11.5. The van der Waals surface area contributed by atoms with E-state index in [1.807, 2.05) is 0 Å². The molecule has 1 rings (SSSR count). The molecular formula is C10H8N2O4. The molecule has 0 fully saturated rings. The fourth-order valence-electron chi connectivity index (χ4n) is 1.12. The lowest BCUT2D eigenvalue weighted by molar-refractivity contribution is -0.384. The molecule has 6 heteroatoms. The van der Waals surface area contributed by atoms with Crippen LogP contribution in [0.3, 0.4) is 0 Å². The second-order valence-electron chi connectivity index (χ2n) is 2.85. The number of terminal acetylenes is 1. The van der Waals surface area contributed by atoms with Crippen LogP contribution in [0.4, 0.5) is 11.4 Å². The van der Waals surface area contributed by atoms with Crippen LogP contribution < -0.4 is 5.32 Å². The van der Waals surface area contributed by atoms with Crippen molar-refractivity contribution in [3.05, 3.63) is 33.9 Å². The third-order valence-electron chi connectivity index (χ3n) is 1.83. The summed E-state index contributed by atoms with van der Waals surface area (Å²) < 4.78 is 0. The summed E-state index contributed by atoms with van der Waals surface area (Å²) in [6.07, 6.45) is 5.01. The molecule has 0 saturated heterocycles. The summed E-state index contributed by atoms with van der Waals surface area (Å²) in [4.78, 5) is 20.7. The molecule has 0 spiro atoms. The molecule has 0 amide bonds. The fraction of sp³-hybridized carbons (Fsp3) is 0.100. The zero-order chi connectivity index (χ0) is 12.1. The fourth-order valence-corrected chi connectivity index (χ4v) is 1.12. The second kappa shape index (κ2) is 4.79. The SMILES string of the molecule is C#CCNc1cc([N+](=O)[O-])ccc1C(=O)O. The lowest BCUT2D eigenvalue weighted by atomic mass is 10.1. The largest absolute Gasteiger partial charge is 0.478 e. The minimum absolute atomic E-state index is 0.0548. The van der Waals surface area contributed by atoms with Crippen LogP contribution in [0, 0.1) is 22.5 Å². The van der Waals surface area contributed by atoms with Crippen LogP contribution in [-0.2, 0) is 0 Å². The molecule has 2 N–H and O–H groups in total. The molecule has 0 bridgehead atoms. The van der Waals surface area contributed by atoms with E-state index >= 15 is 0 Å². The first-order valence-corrected chi connectivity index (χ1v) is 4.25. The number of nitro groups is 1. The van der Waals surface area contributed by atoms with E-state index in [-0.39, 0.29) is 23.5 Å². The van der Waals surface area contributed by atoms with Crippen LogP contribution in [0.25, 0.3) is 0 Å². The number of non-ortho nitro benzene ring substituents is 1. The number of rotatable bonds is 4. The monoisotopic (exact) mass is 220 g/mol. The minimum atomic E-state index is -1.17. The summed E-state index contributed by atoms with van der Waals surface area (Å²) in [6, 6.07) is 3.44. The van der Waals surface area contributed by atoms with Gasteiger partial charge in [-0.1, -0.05) is 5.92 Å². The zero-order valence-corrected chi connectivity index (χ0v) is 8.14. The maximum atomic E-state index is 10.8. The number of carboxylic acid groups (broad SMARTS) is 1. The normalized spacial score (nSPS) is 9.19. The van der Waals surface area contributed by atoms with Crippen molar-refractivity contribution in [3.8, 4) is 12.3 Å².